The maximum Gasteiger partial charge on any atom is 0.247 e. The molecule has 0 bridgehead atoms. The van der Waals surface area contributed by atoms with Crippen molar-refractivity contribution in [1.29, 1.82) is 0 Å². The van der Waals surface area contributed by atoms with Gasteiger partial charge >= 0.3 is 0 Å². The summed E-state index contributed by atoms with van der Waals surface area (Å²) in [4.78, 5) is 10.3. The number of carboxylic acids is 1. The molecule has 68 valence electrons. The molecule has 0 unspecified atom stereocenters. The summed E-state index contributed by atoms with van der Waals surface area (Å²) in [6.07, 6.45) is 0. The minimum Gasteiger partial charge on any atom is -0.540 e. The number of hydrogen-bond donors (Lipinski definition) is 1. The minimum atomic E-state index is -0.979. The minimum absolute atomic E-state index is 0. The van der Waals surface area contributed by atoms with E-state index in [1.54, 1.807) is 6.07 Å². The van der Waals surface area contributed by atoms with Gasteiger partial charge in [0.15, 0.2) is 0 Å². The van der Waals surface area contributed by atoms with Crippen LogP contribution in [0.15, 0.2) is 18.2 Å². The van der Waals surface area contributed by atoms with Gasteiger partial charge in [-0.05, 0) is 0 Å². The number of aromatic carboxylic acids is 1. The number of carboxylic acid groups (broad SMARTS) is 1. The Hall–Kier alpha value is -0.848. The Morgan fingerprint density at radius 1 is 1.58 bits per heavy atom. The van der Waals surface area contributed by atoms with Crippen molar-refractivity contribution in [1.82, 2.24) is 0 Å². The first kappa shape index (κ1) is 11.2. The molecular formula is C8H7O3Pd-. The van der Waals surface area contributed by atoms with Gasteiger partial charge in [-0.15, -0.1) is 24.3 Å². The van der Waals surface area contributed by atoms with Crippen molar-refractivity contribution in [3.63, 3.8) is 0 Å². The fourth-order valence-corrected chi connectivity index (χ4v) is 0.671. The molecule has 4 heteroatoms. The zero-order valence-corrected chi connectivity index (χ0v) is 7.87. The Morgan fingerprint density at radius 2 is 2.25 bits per heavy atom. The molecule has 0 heterocycles. The average Bonchev–Trinajstić information content (AvgIpc) is 2.05. The van der Waals surface area contributed by atoms with E-state index in [2.05, 4.69) is 6.07 Å². The first-order valence-electron chi connectivity index (χ1n) is 3.03. The van der Waals surface area contributed by atoms with Crippen LogP contribution in [0.4, 0.5) is 0 Å². The van der Waals surface area contributed by atoms with Crippen molar-refractivity contribution in [3.05, 3.63) is 29.8 Å². The van der Waals surface area contributed by atoms with E-state index in [4.69, 9.17) is 9.84 Å². The van der Waals surface area contributed by atoms with Gasteiger partial charge in [0.2, 0.25) is 5.97 Å². The smallest absolute Gasteiger partial charge is 0.247 e. The van der Waals surface area contributed by atoms with E-state index in [1.165, 1.54) is 19.2 Å². The van der Waals surface area contributed by atoms with Crippen molar-refractivity contribution in [2.24, 2.45) is 0 Å². The number of carbonyl (C=O) groups is 1. The second kappa shape index (κ2) is 4.92. The van der Waals surface area contributed by atoms with Crippen molar-refractivity contribution >= 4 is 5.97 Å². The summed E-state index contributed by atoms with van der Waals surface area (Å²) in [5, 5.41) is 8.48. The molecule has 0 aliphatic heterocycles. The average molecular weight is 258 g/mol. The van der Waals surface area contributed by atoms with Crippen LogP contribution in [-0.2, 0) is 20.4 Å². The molecule has 1 aromatic carbocycles. The number of rotatable bonds is 2. The first-order chi connectivity index (χ1) is 5.24. The van der Waals surface area contributed by atoms with Crippen LogP contribution in [0.25, 0.3) is 0 Å². The fourth-order valence-electron chi connectivity index (χ4n) is 0.671. The molecule has 0 radical (unpaired) electrons. The molecular weight excluding hydrogens is 251 g/mol. The SMILES string of the molecule is COc1c[c-]c(C(=O)O)cc1.[Pd]. The van der Waals surface area contributed by atoms with Gasteiger partial charge in [0.25, 0.3) is 0 Å². The van der Waals surface area contributed by atoms with Crippen molar-refractivity contribution in [3.8, 4) is 5.75 Å². The van der Waals surface area contributed by atoms with Crippen molar-refractivity contribution < 1.29 is 35.1 Å². The third-order valence-electron chi connectivity index (χ3n) is 1.25. The predicted molar refractivity (Wildman–Crippen MR) is 38.8 cm³/mol. The summed E-state index contributed by atoms with van der Waals surface area (Å²) in [5.41, 5.74) is 0.144. The van der Waals surface area contributed by atoms with E-state index in [-0.39, 0.29) is 26.0 Å². The van der Waals surface area contributed by atoms with Crippen molar-refractivity contribution in [2.45, 2.75) is 0 Å². The Morgan fingerprint density at radius 3 is 2.58 bits per heavy atom. The van der Waals surface area contributed by atoms with E-state index in [1.807, 2.05) is 0 Å². The topological polar surface area (TPSA) is 46.5 Å². The van der Waals surface area contributed by atoms with Gasteiger partial charge in [-0.3, -0.25) is 0 Å². The third kappa shape index (κ3) is 2.65. The van der Waals surface area contributed by atoms with Crippen LogP contribution >= 0.6 is 0 Å². The van der Waals surface area contributed by atoms with Gasteiger partial charge in [0, 0.05) is 26.2 Å². The first-order valence-corrected chi connectivity index (χ1v) is 3.03. The van der Waals surface area contributed by atoms with Gasteiger partial charge in [-0.2, -0.15) is 0 Å². The molecule has 0 atom stereocenters. The van der Waals surface area contributed by atoms with E-state index in [0.29, 0.717) is 5.75 Å². The van der Waals surface area contributed by atoms with E-state index >= 15 is 0 Å². The number of benzene rings is 1. The van der Waals surface area contributed by atoms with Crippen molar-refractivity contribution in [2.75, 3.05) is 7.11 Å². The molecule has 0 aliphatic rings. The summed E-state index contributed by atoms with van der Waals surface area (Å²) < 4.78 is 4.82. The van der Waals surface area contributed by atoms with Gasteiger partial charge in [0.05, 0.1) is 7.11 Å². The van der Waals surface area contributed by atoms with E-state index in [9.17, 15) is 4.79 Å². The standard InChI is InChI=1S/C8H7O3.Pd/c1-11-7-4-2-6(3-5-7)8(9)10;/h2,4-5H,1H3,(H,9,10);/q-1;. The second-order valence-electron chi connectivity index (χ2n) is 1.95. The maximum atomic E-state index is 10.3. The Labute approximate surface area is 84.0 Å². The number of hydrogen-bond acceptors (Lipinski definition) is 2. The molecule has 1 rings (SSSR count). The van der Waals surface area contributed by atoms with Crippen LogP contribution < -0.4 is 4.74 Å². The summed E-state index contributed by atoms with van der Waals surface area (Å²) in [7, 11) is 1.52. The zero-order chi connectivity index (χ0) is 8.27. The molecule has 0 spiro atoms. The molecule has 1 N–H and O–H groups in total. The molecule has 0 aromatic heterocycles. The molecule has 0 saturated heterocycles. The summed E-state index contributed by atoms with van der Waals surface area (Å²) >= 11 is 0. The van der Waals surface area contributed by atoms with Crippen LogP contribution in [0.3, 0.4) is 0 Å². The Balaban J connectivity index is 0.00000121. The van der Waals surface area contributed by atoms with Gasteiger partial charge in [-0.1, -0.05) is 5.56 Å². The molecule has 1 aromatic rings. The predicted octanol–water partition coefficient (Wildman–Crippen LogP) is 1.19. The normalized spacial score (nSPS) is 8.42. The summed E-state index contributed by atoms with van der Waals surface area (Å²) in [6.45, 7) is 0. The zero-order valence-electron chi connectivity index (χ0n) is 6.31. The van der Waals surface area contributed by atoms with Gasteiger partial charge in [0.1, 0.15) is 0 Å². The largest absolute Gasteiger partial charge is 0.540 e. The van der Waals surface area contributed by atoms with Crippen LogP contribution in [0.2, 0.25) is 0 Å². The third-order valence-corrected chi connectivity index (χ3v) is 1.25. The maximum absolute atomic E-state index is 10.3. The molecule has 3 nitrogen and oxygen atoms in total. The van der Waals surface area contributed by atoms with Gasteiger partial charge in [-0.25, -0.2) is 0 Å². The molecule has 0 amide bonds. The second-order valence-corrected chi connectivity index (χ2v) is 1.95. The van der Waals surface area contributed by atoms with Gasteiger partial charge < -0.3 is 14.6 Å². The van der Waals surface area contributed by atoms with Crippen LogP contribution in [0, 0.1) is 6.07 Å². The number of ether oxygens (including phenoxy) is 1. The molecule has 0 saturated carbocycles. The summed E-state index contributed by atoms with van der Waals surface area (Å²) in [5.74, 6) is -0.373. The Bertz CT molecular complexity index is 256. The van der Waals surface area contributed by atoms with Crippen LogP contribution in [0.1, 0.15) is 10.4 Å². The van der Waals surface area contributed by atoms with E-state index < -0.39 is 5.97 Å². The van der Waals surface area contributed by atoms with E-state index in [0.717, 1.165) is 0 Å². The fraction of sp³-hybridized carbons (Fsp3) is 0.125. The number of methoxy groups -OCH3 is 1. The van der Waals surface area contributed by atoms with Crippen LogP contribution in [0.5, 0.6) is 5.75 Å². The molecule has 12 heavy (non-hydrogen) atoms. The Kier molecular flexibility index (Phi) is 4.57. The monoisotopic (exact) mass is 257 g/mol. The molecule has 0 fully saturated rings. The molecule has 0 aliphatic carbocycles. The summed E-state index contributed by atoms with van der Waals surface area (Å²) in [6, 6.07) is 7.08. The van der Waals surface area contributed by atoms with Crippen LogP contribution in [-0.4, -0.2) is 18.2 Å². The quantitative estimate of drug-likeness (QED) is 0.639.